The van der Waals surface area contributed by atoms with Gasteiger partial charge in [0.25, 0.3) is 5.91 Å². The molecule has 1 atom stereocenters. The van der Waals surface area contributed by atoms with Crippen LogP contribution in [0, 0.1) is 12.8 Å². The number of fused-ring (bicyclic) bond motifs is 1. The van der Waals surface area contributed by atoms with Crippen LogP contribution in [0.2, 0.25) is 5.02 Å². The van der Waals surface area contributed by atoms with Crippen LogP contribution in [0.4, 0.5) is 5.13 Å². The maximum atomic E-state index is 13.5. The quantitative estimate of drug-likeness (QED) is 0.236. The number of ether oxygens (including phenoxy) is 2. The monoisotopic (exact) mass is 554 g/mol. The summed E-state index contributed by atoms with van der Waals surface area (Å²) in [5.74, 6) is -0.813. The maximum Gasteiger partial charge on any atom is 0.350 e. The van der Waals surface area contributed by atoms with E-state index >= 15 is 0 Å². The number of para-hydroxylation sites is 1. The van der Waals surface area contributed by atoms with E-state index in [-0.39, 0.29) is 35.6 Å². The predicted molar refractivity (Wildman–Crippen MR) is 148 cm³/mol. The largest absolute Gasteiger partial charge is 0.473 e. The number of amides is 1. The number of aromatic nitrogens is 1. The van der Waals surface area contributed by atoms with Gasteiger partial charge in [-0.1, -0.05) is 68.0 Å². The van der Waals surface area contributed by atoms with Crippen molar-refractivity contribution in [2.24, 2.45) is 5.92 Å². The topological polar surface area (TPSA) is 108 Å². The van der Waals surface area contributed by atoms with E-state index in [4.69, 9.17) is 25.5 Å². The Morgan fingerprint density at radius 2 is 1.84 bits per heavy atom. The fourth-order valence-corrected chi connectivity index (χ4v) is 4.74. The molecule has 2 heterocycles. The number of thiazole rings is 1. The zero-order chi connectivity index (χ0) is 27.4. The Hall–Kier alpha value is -3.69. The SMILES string of the molecule is CCC(Oc1c(-c2ccccc2Cl)oc2ccccc2c1=O)C(=O)Nc1nc(C)c(C(=O)OCC(C)C)s1. The molecule has 8 nitrogen and oxygen atoms in total. The molecule has 0 radical (unpaired) electrons. The Balaban J connectivity index is 1.64. The highest BCUT2D eigenvalue weighted by Gasteiger charge is 2.27. The van der Waals surface area contributed by atoms with Crippen molar-refractivity contribution in [2.75, 3.05) is 11.9 Å². The molecule has 0 fully saturated rings. The van der Waals surface area contributed by atoms with Crippen molar-refractivity contribution in [3.8, 4) is 17.1 Å². The molecular weight excluding hydrogens is 528 g/mol. The van der Waals surface area contributed by atoms with Crippen molar-refractivity contribution >= 4 is 50.9 Å². The number of anilines is 1. The summed E-state index contributed by atoms with van der Waals surface area (Å²) in [4.78, 5) is 43.7. The van der Waals surface area contributed by atoms with E-state index in [1.54, 1.807) is 62.4 Å². The molecule has 2 aromatic carbocycles. The first-order valence-electron chi connectivity index (χ1n) is 12.1. The van der Waals surface area contributed by atoms with E-state index in [9.17, 15) is 14.4 Å². The molecule has 0 saturated carbocycles. The summed E-state index contributed by atoms with van der Waals surface area (Å²) in [6.07, 6.45) is -0.811. The van der Waals surface area contributed by atoms with Gasteiger partial charge in [-0.25, -0.2) is 9.78 Å². The van der Waals surface area contributed by atoms with Crippen LogP contribution in [0.25, 0.3) is 22.3 Å². The Kier molecular flexibility index (Phi) is 8.48. The van der Waals surface area contributed by atoms with Crippen molar-refractivity contribution < 1.29 is 23.5 Å². The number of aryl methyl sites for hydroxylation is 1. The number of benzene rings is 2. The van der Waals surface area contributed by atoms with Gasteiger partial charge in [0.05, 0.1) is 22.7 Å². The van der Waals surface area contributed by atoms with Crippen molar-refractivity contribution in [3.63, 3.8) is 0 Å². The molecule has 0 aliphatic heterocycles. The summed E-state index contributed by atoms with van der Waals surface area (Å²) in [5, 5.41) is 3.60. The molecule has 1 N–H and O–H groups in total. The van der Waals surface area contributed by atoms with E-state index < -0.39 is 23.4 Å². The molecule has 1 unspecified atom stereocenters. The van der Waals surface area contributed by atoms with Gasteiger partial charge in [-0.3, -0.25) is 14.9 Å². The number of esters is 1. The fraction of sp³-hybridized carbons (Fsp3) is 0.286. The third-order valence-electron chi connectivity index (χ3n) is 5.56. The van der Waals surface area contributed by atoms with Gasteiger partial charge in [0.15, 0.2) is 17.0 Å². The summed E-state index contributed by atoms with van der Waals surface area (Å²) >= 11 is 7.43. The molecule has 198 valence electrons. The highest BCUT2D eigenvalue weighted by molar-refractivity contribution is 7.17. The first-order valence-corrected chi connectivity index (χ1v) is 13.3. The van der Waals surface area contributed by atoms with Crippen LogP contribution >= 0.6 is 22.9 Å². The van der Waals surface area contributed by atoms with E-state index in [2.05, 4.69) is 10.3 Å². The number of halogens is 1. The number of hydrogen-bond donors (Lipinski definition) is 1. The highest BCUT2D eigenvalue weighted by Crippen LogP contribution is 2.36. The molecule has 0 spiro atoms. The molecule has 4 aromatic rings. The highest BCUT2D eigenvalue weighted by atomic mass is 35.5. The number of hydrogen-bond acceptors (Lipinski definition) is 8. The van der Waals surface area contributed by atoms with Gasteiger partial charge in [-0.15, -0.1) is 0 Å². The summed E-state index contributed by atoms with van der Waals surface area (Å²) in [6.45, 7) is 7.59. The second-order valence-corrected chi connectivity index (χ2v) is 10.4. The molecule has 2 aromatic heterocycles. The third kappa shape index (κ3) is 5.89. The van der Waals surface area contributed by atoms with Gasteiger partial charge in [-0.05, 0) is 43.5 Å². The molecule has 4 rings (SSSR count). The second kappa shape index (κ2) is 11.8. The minimum atomic E-state index is -1.05. The Morgan fingerprint density at radius 1 is 1.13 bits per heavy atom. The average molecular weight is 555 g/mol. The first kappa shape index (κ1) is 27.3. The van der Waals surface area contributed by atoms with Gasteiger partial charge >= 0.3 is 5.97 Å². The molecule has 1 amide bonds. The lowest BCUT2D eigenvalue weighted by Crippen LogP contribution is -2.34. The van der Waals surface area contributed by atoms with E-state index in [1.165, 1.54) is 0 Å². The fourth-order valence-electron chi connectivity index (χ4n) is 3.65. The minimum Gasteiger partial charge on any atom is -0.473 e. The van der Waals surface area contributed by atoms with Crippen LogP contribution in [-0.2, 0) is 9.53 Å². The average Bonchev–Trinajstić information content (AvgIpc) is 3.26. The van der Waals surface area contributed by atoms with Crippen LogP contribution in [0.1, 0.15) is 42.6 Å². The third-order valence-corrected chi connectivity index (χ3v) is 6.94. The Morgan fingerprint density at radius 3 is 2.55 bits per heavy atom. The smallest absolute Gasteiger partial charge is 0.350 e. The molecule has 0 aliphatic rings. The number of nitrogens with one attached hydrogen (secondary N) is 1. The molecular formula is C28H27ClN2O6S. The van der Waals surface area contributed by atoms with Crippen molar-refractivity contribution in [1.29, 1.82) is 0 Å². The van der Waals surface area contributed by atoms with E-state index in [1.807, 2.05) is 13.8 Å². The van der Waals surface area contributed by atoms with Gasteiger partial charge in [0, 0.05) is 5.56 Å². The molecule has 0 aliphatic carbocycles. The van der Waals surface area contributed by atoms with E-state index in [0.717, 1.165) is 11.3 Å². The molecule has 0 bridgehead atoms. The second-order valence-electron chi connectivity index (χ2n) is 9.00. The van der Waals surface area contributed by atoms with E-state index in [0.29, 0.717) is 32.1 Å². The zero-order valence-corrected chi connectivity index (χ0v) is 22.9. The Labute approximate surface area is 228 Å². The normalized spacial score (nSPS) is 11.9. The first-order chi connectivity index (χ1) is 18.2. The van der Waals surface area contributed by atoms with Gasteiger partial charge in [0.1, 0.15) is 10.5 Å². The number of carbonyl (C=O) groups excluding carboxylic acids is 2. The van der Waals surface area contributed by atoms with Crippen LogP contribution in [0.15, 0.2) is 57.7 Å². The van der Waals surface area contributed by atoms with Gasteiger partial charge in [-0.2, -0.15) is 0 Å². The number of carbonyl (C=O) groups is 2. The van der Waals surface area contributed by atoms with Crippen LogP contribution in [0.5, 0.6) is 5.75 Å². The lowest BCUT2D eigenvalue weighted by molar-refractivity contribution is -0.122. The molecule has 0 saturated heterocycles. The number of nitrogens with zero attached hydrogens (tertiary/aromatic N) is 1. The lowest BCUT2D eigenvalue weighted by atomic mass is 10.1. The zero-order valence-electron chi connectivity index (χ0n) is 21.4. The van der Waals surface area contributed by atoms with Crippen LogP contribution < -0.4 is 15.5 Å². The number of rotatable bonds is 9. The molecule has 38 heavy (non-hydrogen) atoms. The summed E-state index contributed by atoms with van der Waals surface area (Å²) in [6, 6.07) is 13.7. The van der Waals surface area contributed by atoms with Crippen molar-refractivity contribution in [2.45, 2.75) is 40.2 Å². The van der Waals surface area contributed by atoms with Crippen LogP contribution in [-0.4, -0.2) is 29.6 Å². The van der Waals surface area contributed by atoms with Crippen molar-refractivity contribution in [3.05, 3.63) is 74.3 Å². The van der Waals surface area contributed by atoms with Gasteiger partial charge in [0.2, 0.25) is 11.2 Å². The summed E-state index contributed by atoms with van der Waals surface area (Å²) in [7, 11) is 0. The maximum absolute atomic E-state index is 13.5. The Bertz CT molecular complexity index is 1540. The predicted octanol–water partition coefficient (Wildman–Crippen LogP) is 6.49. The minimum absolute atomic E-state index is 0.118. The van der Waals surface area contributed by atoms with Crippen LogP contribution in [0.3, 0.4) is 0 Å². The standard InChI is InChI=1S/C28H27ClN2O6S/c1-5-20(26(33)31-28-30-16(4)25(38-28)27(34)35-14-15(2)3)36-24-22(32)18-11-7-9-13-21(18)37-23(24)17-10-6-8-12-19(17)29/h6-13,15,20H,5,14H2,1-4H3,(H,30,31,33). The summed E-state index contributed by atoms with van der Waals surface area (Å²) < 4.78 is 17.4. The molecule has 10 heteroatoms. The lowest BCUT2D eigenvalue weighted by Gasteiger charge is -2.18. The summed E-state index contributed by atoms with van der Waals surface area (Å²) in [5.41, 5.74) is 0.854. The van der Waals surface area contributed by atoms with Crippen molar-refractivity contribution in [1.82, 2.24) is 4.98 Å². The van der Waals surface area contributed by atoms with Gasteiger partial charge < -0.3 is 13.9 Å².